The van der Waals surface area contributed by atoms with E-state index >= 15 is 0 Å². The summed E-state index contributed by atoms with van der Waals surface area (Å²) >= 11 is 0. The van der Waals surface area contributed by atoms with Crippen molar-refractivity contribution >= 4 is 17.5 Å². The first-order valence-electron chi connectivity index (χ1n) is 7.89. The average Bonchev–Trinajstić information content (AvgIpc) is 2.55. The van der Waals surface area contributed by atoms with Crippen LogP contribution in [0.15, 0.2) is 42.5 Å². The zero-order chi connectivity index (χ0) is 18.4. The molecule has 1 amide bonds. The molecule has 3 N–H and O–H groups in total. The van der Waals surface area contributed by atoms with Crippen molar-refractivity contribution in [1.29, 1.82) is 0 Å². The highest BCUT2D eigenvalue weighted by atomic mass is 16.6. The smallest absolute Gasteiger partial charge is 0.404 e. The molecule has 1 atom stereocenters. The molecule has 0 heterocycles. The van der Waals surface area contributed by atoms with Crippen LogP contribution in [0.25, 0.3) is 0 Å². The molecular formula is C18H21N3O4. The van der Waals surface area contributed by atoms with Crippen LogP contribution in [-0.2, 0) is 6.42 Å². The van der Waals surface area contributed by atoms with Crippen LogP contribution in [0.4, 0.5) is 16.2 Å². The third-order valence-corrected chi connectivity index (χ3v) is 4.00. The summed E-state index contributed by atoms with van der Waals surface area (Å²) in [6.45, 7) is 3.93. The van der Waals surface area contributed by atoms with E-state index in [2.05, 4.69) is 10.6 Å². The Morgan fingerprint density at radius 3 is 2.44 bits per heavy atom. The monoisotopic (exact) mass is 343 g/mol. The third kappa shape index (κ3) is 5.20. The van der Waals surface area contributed by atoms with Gasteiger partial charge in [0.15, 0.2) is 0 Å². The highest BCUT2D eigenvalue weighted by Crippen LogP contribution is 2.27. The molecule has 0 aliphatic heterocycles. The van der Waals surface area contributed by atoms with Crippen LogP contribution < -0.4 is 10.6 Å². The fourth-order valence-electron chi connectivity index (χ4n) is 2.57. The number of amides is 1. The molecule has 132 valence electrons. The summed E-state index contributed by atoms with van der Waals surface area (Å²) in [5.74, 6) is 0. The topological polar surface area (TPSA) is 104 Å². The maximum Gasteiger partial charge on any atom is 0.404 e. The average molecular weight is 343 g/mol. The maximum absolute atomic E-state index is 11.3. The summed E-state index contributed by atoms with van der Waals surface area (Å²) in [4.78, 5) is 21.9. The van der Waals surface area contributed by atoms with E-state index in [0.717, 1.165) is 16.7 Å². The SMILES string of the molecule is Cc1cc(NCC(Cc2ccccc2)NC(=O)O)c([N+](=O)[O-])cc1C. The molecule has 7 nitrogen and oxygen atoms in total. The Hall–Kier alpha value is -3.09. The maximum atomic E-state index is 11.3. The predicted octanol–water partition coefficient (Wildman–Crippen LogP) is 3.50. The van der Waals surface area contributed by atoms with Gasteiger partial charge in [-0.3, -0.25) is 10.1 Å². The molecule has 0 saturated carbocycles. The second-order valence-electron chi connectivity index (χ2n) is 5.93. The van der Waals surface area contributed by atoms with Crippen LogP contribution in [0.2, 0.25) is 0 Å². The zero-order valence-electron chi connectivity index (χ0n) is 14.2. The second-order valence-corrected chi connectivity index (χ2v) is 5.93. The van der Waals surface area contributed by atoms with Gasteiger partial charge < -0.3 is 15.7 Å². The van der Waals surface area contributed by atoms with E-state index in [0.29, 0.717) is 12.1 Å². The van der Waals surface area contributed by atoms with E-state index in [1.54, 1.807) is 6.07 Å². The summed E-state index contributed by atoms with van der Waals surface area (Å²) in [5.41, 5.74) is 3.12. The Kier molecular flexibility index (Phi) is 5.94. The Morgan fingerprint density at radius 2 is 1.84 bits per heavy atom. The number of hydrogen-bond acceptors (Lipinski definition) is 4. The molecule has 2 rings (SSSR count). The second kappa shape index (κ2) is 8.14. The fraction of sp³-hybridized carbons (Fsp3) is 0.278. The van der Waals surface area contributed by atoms with Crippen molar-refractivity contribution in [2.75, 3.05) is 11.9 Å². The van der Waals surface area contributed by atoms with E-state index in [9.17, 15) is 14.9 Å². The van der Waals surface area contributed by atoms with Crippen molar-refractivity contribution in [1.82, 2.24) is 5.32 Å². The van der Waals surface area contributed by atoms with Gasteiger partial charge in [0.05, 0.1) is 11.0 Å². The predicted molar refractivity (Wildman–Crippen MR) is 96.2 cm³/mol. The van der Waals surface area contributed by atoms with Gasteiger partial charge in [-0.1, -0.05) is 30.3 Å². The van der Waals surface area contributed by atoms with Crippen molar-refractivity contribution in [3.63, 3.8) is 0 Å². The summed E-state index contributed by atoms with van der Waals surface area (Å²) in [6, 6.07) is 12.3. The number of nitrogens with one attached hydrogen (secondary N) is 2. The molecule has 0 aromatic heterocycles. The van der Waals surface area contributed by atoms with Crippen molar-refractivity contribution in [2.45, 2.75) is 26.3 Å². The normalized spacial score (nSPS) is 11.6. The van der Waals surface area contributed by atoms with Gasteiger partial charge >= 0.3 is 6.09 Å². The fourth-order valence-corrected chi connectivity index (χ4v) is 2.57. The van der Waals surface area contributed by atoms with E-state index in [-0.39, 0.29) is 12.2 Å². The zero-order valence-corrected chi connectivity index (χ0v) is 14.2. The van der Waals surface area contributed by atoms with Gasteiger partial charge in [0.2, 0.25) is 0 Å². The largest absolute Gasteiger partial charge is 0.465 e. The number of carboxylic acid groups (broad SMARTS) is 1. The summed E-state index contributed by atoms with van der Waals surface area (Å²) in [6.07, 6.45) is -0.643. The Morgan fingerprint density at radius 1 is 1.20 bits per heavy atom. The molecule has 0 spiro atoms. The Labute approximate surface area is 145 Å². The molecule has 0 saturated heterocycles. The van der Waals surface area contributed by atoms with Gasteiger partial charge in [-0.2, -0.15) is 0 Å². The number of nitrogens with zero attached hydrogens (tertiary/aromatic N) is 1. The molecule has 2 aromatic rings. The van der Waals surface area contributed by atoms with E-state index in [1.165, 1.54) is 6.07 Å². The number of nitro benzene ring substituents is 1. The van der Waals surface area contributed by atoms with Gasteiger partial charge in [-0.15, -0.1) is 0 Å². The Bertz CT molecular complexity index is 762. The molecule has 0 radical (unpaired) electrons. The minimum absolute atomic E-state index is 0.0168. The quantitative estimate of drug-likeness (QED) is 0.527. The standard InChI is InChI=1S/C18H21N3O4/c1-12-8-16(17(21(24)25)9-13(12)2)19-11-15(20-18(22)23)10-14-6-4-3-5-7-14/h3-9,15,19-20H,10-11H2,1-2H3,(H,22,23). The van der Waals surface area contributed by atoms with Gasteiger partial charge in [-0.05, 0) is 43.0 Å². The summed E-state index contributed by atoms with van der Waals surface area (Å²) < 4.78 is 0. The van der Waals surface area contributed by atoms with E-state index < -0.39 is 17.1 Å². The van der Waals surface area contributed by atoms with Crippen LogP contribution in [0.5, 0.6) is 0 Å². The molecule has 0 fully saturated rings. The van der Waals surface area contributed by atoms with Crippen molar-refractivity contribution in [3.8, 4) is 0 Å². The van der Waals surface area contributed by atoms with Crippen LogP contribution >= 0.6 is 0 Å². The van der Waals surface area contributed by atoms with Crippen LogP contribution in [-0.4, -0.2) is 28.7 Å². The molecular weight excluding hydrogens is 322 g/mol. The first-order chi connectivity index (χ1) is 11.9. The lowest BCUT2D eigenvalue weighted by molar-refractivity contribution is -0.384. The van der Waals surface area contributed by atoms with Gasteiger partial charge in [0.1, 0.15) is 5.69 Å². The van der Waals surface area contributed by atoms with Crippen LogP contribution in [0.1, 0.15) is 16.7 Å². The van der Waals surface area contributed by atoms with Crippen LogP contribution in [0.3, 0.4) is 0 Å². The molecule has 0 aliphatic carbocycles. The van der Waals surface area contributed by atoms with E-state index in [4.69, 9.17) is 5.11 Å². The molecule has 25 heavy (non-hydrogen) atoms. The highest BCUT2D eigenvalue weighted by molar-refractivity contribution is 5.66. The lowest BCUT2D eigenvalue weighted by Crippen LogP contribution is -2.40. The number of carbonyl (C=O) groups is 1. The van der Waals surface area contributed by atoms with Crippen molar-refractivity contribution in [3.05, 3.63) is 69.3 Å². The van der Waals surface area contributed by atoms with Gasteiger partial charge in [0, 0.05) is 12.6 Å². The number of nitro groups is 1. The van der Waals surface area contributed by atoms with Crippen molar-refractivity contribution in [2.24, 2.45) is 0 Å². The molecule has 0 aliphatic rings. The number of hydrogen-bond donors (Lipinski definition) is 3. The minimum atomic E-state index is -1.13. The summed E-state index contributed by atoms with van der Waals surface area (Å²) in [5, 5.41) is 25.8. The number of rotatable bonds is 7. The first-order valence-corrected chi connectivity index (χ1v) is 7.89. The molecule has 2 aromatic carbocycles. The molecule has 7 heteroatoms. The van der Waals surface area contributed by atoms with Crippen molar-refractivity contribution < 1.29 is 14.8 Å². The van der Waals surface area contributed by atoms with Gasteiger partial charge in [-0.25, -0.2) is 4.79 Å². The molecule has 1 unspecified atom stereocenters. The number of aryl methyl sites for hydroxylation is 2. The lowest BCUT2D eigenvalue weighted by atomic mass is 10.0. The van der Waals surface area contributed by atoms with Gasteiger partial charge in [0.25, 0.3) is 5.69 Å². The lowest BCUT2D eigenvalue weighted by Gasteiger charge is -2.19. The first kappa shape index (κ1) is 18.3. The van der Waals surface area contributed by atoms with Crippen LogP contribution in [0, 0.1) is 24.0 Å². The number of anilines is 1. The summed E-state index contributed by atoms with van der Waals surface area (Å²) in [7, 11) is 0. The Balaban J connectivity index is 2.16. The number of benzene rings is 2. The molecule has 0 bridgehead atoms. The minimum Gasteiger partial charge on any atom is -0.465 e. The van der Waals surface area contributed by atoms with E-state index in [1.807, 2.05) is 44.2 Å². The highest BCUT2D eigenvalue weighted by Gasteiger charge is 2.18. The third-order valence-electron chi connectivity index (χ3n) is 4.00.